The van der Waals surface area contributed by atoms with Gasteiger partial charge in [0.05, 0.1) is 5.92 Å². The molecule has 7 nitrogen and oxygen atoms in total. The Bertz CT molecular complexity index is 908. The number of anilines is 2. The summed E-state index contributed by atoms with van der Waals surface area (Å²) >= 11 is 0. The minimum Gasteiger partial charge on any atom is -0.484 e. The predicted octanol–water partition coefficient (Wildman–Crippen LogP) is 2.16. The van der Waals surface area contributed by atoms with Crippen molar-refractivity contribution in [3.8, 4) is 5.75 Å². The van der Waals surface area contributed by atoms with E-state index in [1.165, 1.54) is 4.90 Å². The fraction of sp³-hybridized carbons (Fsp3) is 0.286. The number of ether oxygens (including phenoxy) is 1. The van der Waals surface area contributed by atoms with E-state index in [0.29, 0.717) is 11.4 Å². The second-order valence-corrected chi connectivity index (χ2v) is 6.94. The van der Waals surface area contributed by atoms with Gasteiger partial charge >= 0.3 is 0 Å². The summed E-state index contributed by atoms with van der Waals surface area (Å²) in [6.45, 7) is 4.16. The van der Waals surface area contributed by atoms with Gasteiger partial charge in [-0.15, -0.1) is 0 Å². The molecule has 0 spiro atoms. The molecule has 0 unspecified atom stereocenters. The monoisotopic (exact) mass is 381 g/mol. The summed E-state index contributed by atoms with van der Waals surface area (Å²) in [6.07, 6.45) is 0.131. The van der Waals surface area contributed by atoms with Crippen LogP contribution in [0.25, 0.3) is 0 Å². The lowest BCUT2D eigenvalue weighted by Crippen LogP contribution is -2.28. The van der Waals surface area contributed by atoms with Gasteiger partial charge in [0.1, 0.15) is 5.75 Å². The largest absolute Gasteiger partial charge is 0.484 e. The molecule has 1 atom stereocenters. The number of nitrogens with two attached hydrogens (primary N) is 1. The van der Waals surface area contributed by atoms with Crippen LogP contribution in [0.1, 0.15) is 17.5 Å². The zero-order valence-corrected chi connectivity index (χ0v) is 15.9. The van der Waals surface area contributed by atoms with Crippen LogP contribution >= 0.6 is 0 Å². The molecule has 1 aliphatic heterocycles. The van der Waals surface area contributed by atoms with Gasteiger partial charge in [0.2, 0.25) is 11.8 Å². The van der Waals surface area contributed by atoms with Crippen LogP contribution in [0.3, 0.4) is 0 Å². The van der Waals surface area contributed by atoms with Gasteiger partial charge in [0, 0.05) is 24.3 Å². The van der Waals surface area contributed by atoms with Crippen LogP contribution in [-0.2, 0) is 14.4 Å². The summed E-state index contributed by atoms with van der Waals surface area (Å²) in [7, 11) is 0. The second kappa shape index (κ2) is 8.12. The first-order valence-electron chi connectivity index (χ1n) is 9.03. The van der Waals surface area contributed by atoms with Gasteiger partial charge in [-0.3, -0.25) is 14.4 Å². The quantitative estimate of drug-likeness (QED) is 0.800. The maximum atomic E-state index is 12.1. The van der Waals surface area contributed by atoms with E-state index in [1.54, 1.807) is 24.3 Å². The van der Waals surface area contributed by atoms with Crippen LogP contribution in [0.5, 0.6) is 5.75 Å². The van der Waals surface area contributed by atoms with Gasteiger partial charge in [0.15, 0.2) is 6.61 Å². The zero-order valence-electron chi connectivity index (χ0n) is 15.9. The molecule has 28 heavy (non-hydrogen) atoms. The summed E-state index contributed by atoms with van der Waals surface area (Å²) < 4.78 is 5.51. The molecule has 0 aromatic heterocycles. The molecule has 0 radical (unpaired) electrons. The molecule has 2 aromatic rings. The first-order valence-corrected chi connectivity index (χ1v) is 9.03. The number of nitrogens with zero attached hydrogens (tertiary/aromatic N) is 1. The number of aryl methyl sites for hydroxylation is 2. The van der Waals surface area contributed by atoms with E-state index in [0.717, 1.165) is 16.8 Å². The van der Waals surface area contributed by atoms with E-state index >= 15 is 0 Å². The molecular formula is C21H23N3O4. The third-order valence-corrected chi connectivity index (χ3v) is 4.84. The Hall–Kier alpha value is -3.35. The van der Waals surface area contributed by atoms with Crippen molar-refractivity contribution in [1.29, 1.82) is 0 Å². The zero-order chi connectivity index (χ0) is 20.3. The van der Waals surface area contributed by atoms with E-state index in [2.05, 4.69) is 5.32 Å². The van der Waals surface area contributed by atoms with Crippen LogP contribution in [0.4, 0.5) is 11.4 Å². The van der Waals surface area contributed by atoms with E-state index in [1.807, 2.05) is 32.0 Å². The fourth-order valence-corrected chi connectivity index (χ4v) is 3.04. The predicted molar refractivity (Wildman–Crippen MR) is 106 cm³/mol. The highest BCUT2D eigenvalue weighted by Gasteiger charge is 2.33. The van der Waals surface area contributed by atoms with Crippen molar-refractivity contribution in [3.05, 3.63) is 53.6 Å². The standard InChI is InChI=1S/C21H23N3O4/c1-13-3-4-16(9-14(13)2)23-19(25)12-28-18-7-5-17(6-8-18)24-11-15(21(22)27)10-20(24)26/h3-9,15H,10-12H2,1-2H3,(H2,22,27)(H,23,25)/t15-/m1/s1. The first kappa shape index (κ1) is 19.4. The van der Waals surface area contributed by atoms with Crippen molar-refractivity contribution >= 4 is 29.1 Å². The van der Waals surface area contributed by atoms with Gasteiger partial charge in [-0.05, 0) is 61.4 Å². The number of hydrogen-bond donors (Lipinski definition) is 2. The van der Waals surface area contributed by atoms with Crippen molar-refractivity contribution in [2.45, 2.75) is 20.3 Å². The maximum Gasteiger partial charge on any atom is 0.262 e. The first-order chi connectivity index (χ1) is 13.3. The number of nitrogens with one attached hydrogen (secondary N) is 1. The molecule has 146 valence electrons. The van der Waals surface area contributed by atoms with Gasteiger partial charge < -0.3 is 20.7 Å². The number of rotatable bonds is 6. The van der Waals surface area contributed by atoms with Crippen molar-refractivity contribution < 1.29 is 19.1 Å². The normalized spacial score (nSPS) is 16.1. The maximum absolute atomic E-state index is 12.1. The van der Waals surface area contributed by atoms with Crippen molar-refractivity contribution in [3.63, 3.8) is 0 Å². The van der Waals surface area contributed by atoms with Crippen LogP contribution in [-0.4, -0.2) is 30.9 Å². The molecule has 3 rings (SSSR count). The van der Waals surface area contributed by atoms with Gasteiger partial charge in [-0.1, -0.05) is 6.07 Å². The van der Waals surface area contributed by atoms with Crippen LogP contribution < -0.4 is 20.7 Å². The number of benzene rings is 2. The Morgan fingerprint density at radius 3 is 2.46 bits per heavy atom. The number of hydrogen-bond acceptors (Lipinski definition) is 4. The lowest BCUT2D eigenvalue weighted by Gasteiger charge is -2.16. The number of carbonyl (C=O) groups is 3. The van der Waals surface area contributed by atoms with E-state index in [9.17, 15) is 14.4 Å². The van der Waals surface area contributed by atoms with Crippen molar-refractivity contribution in [2.24, 2.45) is 11.7 Å². The summed E-state index contributed by atoms with van der Waals surface area (Å²) in [5.74, 6) is -0.809. The summed E-state index contributed by atoms with van der Waals surface area (Å²) in [5, 5.41) is 2.80. The number of carbonyl (C=O) groups excluding carboxylic acids is 3. The summed E-state index contributed by atoms with van der Waals surface area (Å²) in [5.41, 5.74) is 8.94. The van der Waals surface area contributed by atoms with E-state index in [-0.39, 0.29) is 31.4 Å². The molecule has 0 aliphatic carbocycles. The highest BCUT2D eigenvalue weighted by atomic mass is 16.5. The van der Waals surface area contributed by atoms with Crippen molar-refractivity contribution in [2.75, 3.05) is 23.4 Å². The molecule has 1 saturated heterocycles. The molecule has 7 heteroatoms. The van der Waals surface area contributed by atoms with E-state index < -0.39 is 11.8 Å². The van der Waals surface area contributed by atoms with Crippen LogP contribution in [0, 0.1) is 19.8 Å². The SMILES string of the molecule is Cc1ccc(NC(=O)COc2ccc(N3C[C@H](C(N)=O)CC3=O)cc2)cc1C. The van der Waals surface area contributed by atoms with Crippen LogP contribution in [0.2, 0.25) is 0 Å². The van der Waals surface area contributed by atoms with E-state index in [4.69, 9.17) is 10.5 Å². The minimum absolute atomic E-state index is 0.126. The van der Waals surface area contributed by atoms with Gasteiger partial charge in [0.25, 0.3) is 5.91 Å². The molecular weight excluding hydrogens is 358 g/mol. The molecule has 0 saturated carbocycles. The fourth-order valence-electron chi connectivity index (χ4n) is 3.04. The lowest BCUT2D eigenvalue weighted by atomic mass is 10.1. The Morgan fingerprint density at radius 1 is 1.14 bits per heavy atom. The highest BCUT2D eigenvalue weighted by Crippen LogP contribution is 2.26. The third-order valence-electron chi connectivity index (χ3n) is 4.84. The Morgan fingerprint density at radius 2 is 1.86 bits per heavy atom. The molecule has 3 amide bonds. The highest BCUT2D eigenvalue weighted by molar-refractivity contribution is 6.00. The Labute approximate surface area is 163 Å². The molecule has 2 aromatic carbocycles. The smallest absolute Gasteiger partial charge is 0.262 e. The summed E-state index contributed by atoms with van der Waals surface area (Å²) in [6, 6.07) is 12.5. The average molecular weight is 381 g/mol. The number of primary amides is 1. The van der Waals surface area contributed by atoms with Crippen LogP contribution in [0.15, 0.2) is 42.5 Å². The van der Waals surface area contributed by atoms with Gasteiger partial charge in [-0.2, -0.15) is 0 Å². The molecule has 1 fully saturated rings. The van der Waals surface area contributed by atoms with Gasteiger partial charge in [-0.25, -0.2) is 0 Å². The minimum atomic E-state index is -0.467. The topological polar surface area (TPSA) is 102 Å². The molecule has 1 aliphatic rings. The lowest BCUT2D eigenvalue weighted by molar-refractivity contribution is -0.123. The Kier molecular flexibility index (Phi) is 5.63. The molecule has 0 bridgehead atoms. The second-order valence-electron chi connectivity index (χ2n) is 6.94. The van der Waals surface area contributed by atoms with Crippen molar-refractivity contribution in [1.82, 2.24) is 0 Å². The third kappa shape index (κ3) is 4.49. The number of amides is 3. The molecule has 3 N–H and O–H groups in total. The summed E-state index contributed by atoms with van der Waals surface area (Å²) in [4.78, 5) is 36.9. The Balaban J connectivity index is 1.54. The molecule has 1 heterocycles. The average Bonchev–Trinajstić information content (AvgIpc) is 3.06.